The van der Waals surface area contributed by atoms with Crippen LogP contribution in [0.4, 0.5) is 4.79 Å². The van der Waals surface area contributed by atoms with Crippen LogP contribution in [0.1, 0.15) is 49.1 Å². The summed E-state index contributed by atoms with van der Waals surface area (Å²) < 4.78 is 5.41. The van der Waals surface area contributed by atoms with Crippen LogP contribution in [0.2, 0.25) is 0 Å². The van der Waals surface area contributed by atoms with Crippen LogP contribution in [0.25, 0.3) is 0 Å². The van der Waals surface area contributed by atoms with Gasteiger partial charge in [-0.05, 0) is 44.4 Å². The zero-order chi connectivity index (χ0) is 28.4. The van der Waals surface area contributed by atoms with E-state index in [1.807, 2.05) is 85.8 Å². The molecule has 0 fully saturated rings. The molecule has 0 spiro atoms. The number of carbonyl (C=O) groups is 3. The number of benzene rings is 3. The molecule has 7 heteroatoms. The number of rotatable bonds is 9. The minimum Gasteiger partial charge on any atom is -0.444 e. The van der Waals surface area contributed by atoms with Gasteiger partial charge in [0.05, 0.1) is 0 Å². The van der Waals surface area contributed by atoms with Gasteiger partial charge in [-0.15, -0.1) is 0 Å². The average Bonchev–Trinajstić information content (AvgIpc) is 2.89. The molecule has 3 aromatic carbocycles. The van der Waals surface area contributed by atoms with Crippen molar-refractivity contribution in [2.24, 2.45) is 0 Å². The number of terminal acetylenes is 1. The van der Waals surface area contributed by atoms with E-state index in [0.29, 0.717) is 5.56 Å². The molecule has 0 aliphatic carbocycles. The van der Waals surface area contributed by atoms with Gasteiger partial charge in [0.15, 0.2) is 0 Å². The van der Waals surface area contributed by atoms with E-state index in [9.17, 15) is 14.4 Å². The Morgan fingerprint density at radius 2 is 1.54 bits per heavy atom. The second kappa shape index (κ2) is 13.3. The zero-order valence-electron chi connectivity index (χ0n) is 22.8. The molecule has 202 valence electrons. The summed E-state index contributed by atoms with van der Waals surface area (Å²) in [6.45, 7) is 7.36. The van der Waals surface area contributed by atoms with Gasteiger partial charge in [-0.2, -0.15) is 0 Å². The number of nitrogens with one attached hydrogen (secondary N) is 2. The monoisotopic (exact) mass is 525 g/mol. The van der Waals surface area contributed by atoms with E-state index in [4.69, 9.17) is 11.2 Å². The fourth-order valence-corrected chi connectivity index (χ4v) is 4.07. The molecule has 2 N–H and O–H groups in total. The minimum atomic E-state index is -1.12. The third-order valence-corrected chi connectivity index (χ3v) is 5.82. The van der Waals surface area contributed by atoms with E-state index < -0.39 is 35.6 Å². The number of aryl methyl sites for hydroxylation is 1. The fraction of sp³-hybridized carbons (Fsp3) is 0.281. The Morgan fingerprint density at radius 3 is 2.10 bits per heavy atom. The molecular formula is C32H35N3O4. The Balaban J connectivity index is 1.95. The Morgan fingerprint density at radius 1 is 0.923 bits per heavy atom. The third-order valence-electron chi connectivity index (χ3n) is 5.82. The van der Waals surface area contributed by atoms with Gasteiger partial charge in [-0.3, -0.25) is 14.5 Å². The Labute approximate surface area is 230 Å². The summed E-state index contributed by atoms with van der Waals surface area (Å²) >= 11 is 0. The normalized spacial score (nSPS) is 12.4. The summed E-state index contributed by atoms with van der Waals surface area (Å²) in [5, 5.41) is 5.58. The molecule has 2 atom stereocenters. The lowest BCUT2D eigenvalue weighted by Gasteiger charge is -2.30. The number of amides is 3. The molecule has 0 aromatic heterocycles. The summed E-state index contributed by atoms with van der Waals surface area (Å²) in [5.74, 6) is -1.04. The molecule has 0 radical (unpaired) electrons. The predicted octanol–water partition coefficient (Wildman–Crippen LogP) is 4.91. The van der Waals surface area contributed by atoms with E-state index in [2.05, 4.69) is 16.7 Å². The van der Waals surface area contributed by atoms with Crippen LogP contribution in [0.3, 0.4) is 0 Å². The highest BCUT2D eigenvalue weighted by molar-refractivity contribution is 5.93. The lowest BCUT2D eigenvalue weighted by Crippen LogP contribution is -2.52. The summed E-state index contributed by atoms with van der Waals surface area (Å²) in [4.78, 5) is 41.4. The highest BCUT2D eigenvalue weighted by atomic mass is 16.6. The summed E-state index contributed by atoms with van der Waals surface area (Å²) in [6.07, 6.45) is 5.29. The van der Waals surface area contributed by atoms with Crippen LogP contribution in [-0.2, 0) is 27.3 Å². The maximum absolute atomic E-state index is 14.0. The van der Waals surface area contributed by atoms with Crippen LogP contribution in [0, 0.1) is 19.4 Å². The molecule has 0 saturated carbocycles. The lowest BCUT2D eigenvalue weighted by molar-refractivity contribution is -0.138. The predicted molar refractivity (Wildman–Crippen MR) is 151 cm³/mol. The number of hydrogen-bond acceptors (Lipinski definition) is 4. The molecule has 7 nitrogen and oxygen atoms in total. The second-order valence-corrected chi connectivity index (χ2v) is 10.2. The number of ether oxygens (including phenoxy) is 1. The SMILES string of the molecule is C#CN(C(=O)C(Cc1ccccc1)NC(=O)OC(C)(C)C)C(C(=O)NCc1ccccc1)c1cccc(C)c1. The van der Waals surface area contributed by atoms with Crippen LogP contribution in [0.15, 0.2) is 84.9 Å². The lowest BCUT2D eigenvalue weighted by atomic mass is 9.99. The van der Waals surface area contributed by atoms with Gasteiger partial charge in [-0.25, -0.2) is 4.79 Å². The number of nitrogens with zero attached hydrogens (tertiary/aromatic N) is 1. The van der Waals surface area contributed by atoms with Crippen molar-refractivity contribution in [3.63, 3.8) is 0 Å². The van der Waals surface area contributed by atoms with E-state index >= 15 is 0 Å². The first kappa shape index (κ1) is 29.0. The van der Waals surface area contributed by atoms with Gasteiger partial charge in [0, 0.05) is 19.0 Å². The molecule has 0 aliphatic heterocycles. The highest BCUT2D eigenvalue weighted by Crippen LogP contribution is 2.24. The molecule has 3 rings (SSSR count). The molecule has 0 heterocycles. The maximum Gasteiger partial charge on any atom is 0.408 e. The van der Waals surface area contributed by atoms with E-state index in [-0.39, 0.29) is 13.0 Å². The van der Waals surface area contributed by atoms with Crippen molar-refractivity contribution < 1.29 is 19.1 Å². The Bertz CT molecular complexity index is 1310. The first-order valence-electron chi connectivity index (χ1n) is 12.8. The molecule has 0 bridgehead atoms. The average molecular weight is 526 g/mol. The van der Waals surface area contributed by atoms with E-state index in [1.54, 1.807) is 26.8 Å². The van der Waals surface area contributed by atoms with Crippen LogP contribution in [0.5, 0.6) is 0 Å². The van der Waals surface area contributed by atoms with Gasteiger partial charge in [0.1, 0.15) is 17.7 Å². The van der Waals surface area contributed by atoms with Crippen LogP contribution in [-0.4, -0.2) is 34.5 Å². The van der Waals surface area contributed by atoms with Crippen molar-refractivity contribution in [1.29, 1.82) is 0 Å². The first-order valence-corrected chi connectivity index (χ1v) is 12.8. The second-order valence-electron chi connectivity index (χ2n) is 10.2. The fourth-order valence-electron chi connectivity index (χ4n) is 4.07. The van der Waals surface area contributed by atoms with Gasteiger partial charge in [-0.1, -0.05) is 96.9 Å². The van der Waals surface area contributed by atoms with Crippen LogP contribution < -0.4 is 10.6 Å². The molecule has 0 saturated heterocycles. The molecule has 2 unspecified atom stereocenters. The van der Waals surface area contributed by atoms with Crippen molar-refractivity contribution in [1.82, 2.24) is 15.5 Å². The van der Waals surface area contributed by atoms with Gasteiger partial charge >= 0.3 is 6.09 Å². The molecular weight excluding hydrogens is 490 g/mol. The minimum absolute atomic E-state index is 0.156. The zero-order valence-corrected chi connectivity index (χ0v) is 22.8. The summed E-state index contributed by atoms with van der Waals surface area (Å²) in [6, 6.07) is 26.2. The van der Waals surface area contributed by atoms with E-state index in [0.717, 1.165) is 21.6 Å². The topological polar surface area (TPSA) is 87.7 Å². The largest absolute Gasteiger partial charge is 0.444 e. The summed E-state index contributed by atoms with van der Waals surface area (Å²) in [5.41, 5.74) is 2.41. The van der Waals surface area contributed by atoms with Crippen molar-refractivity contribution in [2.75, 3.05) is 0 Å². The van der Waals surface area contributed by atoms with Gasteiger partial charge in [0.2, 0.25) is 5.91 Å². The molecule has 39 heavy (non-hydrogen) atoms. The highest BCUT2D eigenvalue weighted by Gasteiger charge is 2.36. The number of carbonyl (C=O) groups excluding carboxylic acids is 3. The van der Waals surface area contributed by atoms with Crippen molar-refractivity contribution >= 4 is 17.9 Å². The first-order chi connectivity index (χ1) is 18.6. The van der Waals surface area contributed by atoms with Crippen LogP contribution >= 0.6 is 0 Å². The van der Waals surface area contributed by atoms with Crippen molar-refractivity contribution in [3.8, 4) is 12.5 Å². The van der Waals surface area contributed by atoms with Crippen molar-refractivity contribution in [2.45, 2.75) is 58.3 Å². The molecule has 3 aromatic rings. The number of hydrogen-bond donors (Lipinski definition) is 2. The Hall–Kier alpha value is -4.57. The summed E-state index contributed by atoms with van der Waals surface area (Å²) in [7, 11) is 0. The smallest absolute Gasteiger partial charge is 0.408 e. The number of alkyl carbamates (subject to hydrolysis) is 1. The van der Waals surface area contributed by atoms with Gasteiger partial charge < -0.3 is 15.4 Å². The quantitative estimate of drug-likeness (QED) is 0.307. The van der Waals surface area contributed by atoms with Gasteiger partial charge in [0.25, 0.3) is 5.91 Å². The Kier molecular flexibility index (Phi) is 9.88. The molecule has 0 aliphatic rings. The maximum atomic E-state index is 14.0. The van der Waals surface area contributed by atoms with E-state index in [1.165, 1.54) is 0 Å². The molecule has 3 amide bonds. The third kappa shape index (κ3) is 8.75. The van der Waals surface area contributed by atoms with Crippen molar-refractivity contribution in [3.05, 3.63) is 107 Å². The standard InChI is InChI=1S/C32H35N3O4/c1-6-35(30(37)27(21-24-15-9-7-10-16-24)34-31(38)39-32(3,4)5)28(26-19-13-14-23(2)20-26)29(36)33-22-25-17-11-8-12-18-25/h1,7-20,27-28H,21-22H2,2-5H3,(H,33,36)(H,34,38).